The molecule has 2 aromatic carbocycles. The molecule has 0 saturated carbocycles. The number of ether oxygens (including phenoxy) is 2. The van der Waals surface area contributed by atoms with Crippen LogP contribution in [0.2, 0.25) is 0 Å². The van der Waals surface area contributed by atoms with Gasteiger partial charge in [0.25, 0.3) is 0 Å². The summed E-state index contributed by atoms with van der Waals surface area (Å²) in [6.07, 6.45) is 1.92. The van der Waals surface area contributed by atoms with Crippen LogP contribution < -0.4 is 0 Å². The monoisotopic (exact) mass is 508 g/mol. The SMILES string of the molecule is COC(=O)c1cc2c(C(=O)OC)cc1CS(=O)(=O)CCCc1ccc(cc1)CCCS(=O)(=O)C2. The van der Waals surface area contributed by atoms with E-state index in [1.165, 1.54) is 12.1 Å². The topological polar surface area (TPSA) is 121 Å². The molecule has 2 aromatic rings. The third-order valence-corrected chi connectivity index (χ3v) is 9.08. The number of hydrogen-bond acceptors (Lipinski definition) is 8. The van der Waals surface area contributed by atoms with Gasteiger partial charge in [-0.05, 0) is 60.1 Å². The summed E-state index contributed by atoms with van der Waals surface area (Å²) in [6, 6.07) is 10.2. The lowest BCUT2D eigenvalue weighted by molar-refractivity contribution is 0.0585. The first-order valence-electron chi connectivity index (χ1n) is 10.8. The quantitative estimate of drug-likeness (QED) is 0.568. The lowest BCUT2D eigenvalue weighted by atomic mass is 10.00. The summed E-state index contributed by atoms with van der Waals surface area (Å²) in [5.41, 5.74) is 1.94. The third kappa shape index (κ3) is 6.66. The molecule has 0 atom stereocenters. The fraction of sp³-hybridized carbons (Fsp3) is 0.417. The fourth-order valence-electron chi connectivity index (χ4n) is 4.01. The second kappa shape index (κ2) is 10.7. The van der Waals surface area contributed by atoms with Gasteiger partial charge in [-0.25, -0.2) is 26.4 Å². The Labute approximate surface area is 200 Å². The average molecular weight is 509 g/mol. The molecule has 10 heteroatoms. The van der Waals surface area contributed by atoms with Gasteiger partial charge in [0.05, 0.1) is 48.4 Å². The first-order valence-corrected chi connectivity index (χ1v) is 14.5. The van der Waals surface area contributed by atoms with Crippen molar-refractivity contribution >= 4 is 31.6 Å². The Morgan fingerprint density at radius 3 is 1.35 bits per heavy atom. The van der Waals surface area contributed by atoms with Gasteiger partial charge >= 0.3 is 11.9 Å². The van der Waals surface area contributed by atoms with Crippen molar-refractivity contribution in [3.63, 3.8) is 0 Å². The van der Waals surface area contributed by atoms with E-state index in [0.29, 0.717) is 25.7 Å². The van der Waals surface area contributed by atoms with Gasteiger partial charge < -0.3 is 9.47 Å². The van der Waals surface area contributed by atoms with E-state index in [0.717, 1.165) is 25.3 Å². The van der Waals surface area contributed by atoms with Crippen molar-refractivity contribution in [1.82, 2.24) is 0 Å². The Morgan fingerprint density at radius 2 is 1.03 bits per heavy atom. The van der Waals surface area contributed by atoms with E-state index in [-0.39, 0.29) is 33.8 Å². The highest BCUT2D eigenvalue weighted by atomic mass is 32.2. The highest BCUT2D eigenvalue weighted by molar-refractivity contribution is 7.90. The smallest absolute Gasteiger partial charge is 0.338 e. The standard InChI is InChI=1S/C24H28O8S2/c1-31-23(25)21-13-20-16-34(29,30)12-4-6-18-9-7-17(8-10-18)5-3-11-33(27,28)15-19(21)14-22(20)24(26)32-2/h7-10,13-14H,3-6,11-12,15-16H2,1-2H3. The van der Waals surface area contributed by atoms with Crippen molar-refractivity contribution in [3.8, 4) is 0 Å². The van der Waals surface area contributed by atoms with Gasteiger partial charge in [-0.1, -0.05) is 24.3 Å². The van der Waals surface area contributed by atoms with E-state index < -0.39 is 43.1 Å². The van der Waals surface area contributed by atoms with Crippen LogP contribution in [0.4, 0.5) is 0 Å². The zero-order valence-electron chi connectivity index (χ0n) is 19.2. The zero-order valence-corrected chi connectivity index (χ0v) is 20.8. The maximum Gasteiger partial charge on any atom is 0.338 e. The molecule has 8 nitrogen and oxygen atoms in total. The molecule has 0 radical (unpaired) electrons. The van der Waals surface area contributed by atoms with Crippen LogP contribution in [0.3, 0.4) is 0 Å². The lowest BCUT2D eigenvalue weighted by Crippen LogP contribution is -2.19. The first-order chi connectivity index (χ1) is 16.0. The minimum atomic E-state index is -3.65. The second-order valence-electron chi connectivity index (χ2n) is 8.36. The van der Waals surface area contributed by atoms with E-state index in [9.17, 15) is 26.4 Å². The fourth-order valence-corrected chi connectivity index (χ4v) is 6.89. The molecule has 184 valence electrons. The van der Waals surface area contributed by atoms with Gasteiger partial charge in [-0.3, -0.25) is 0 Å². The summed E-state index contributed by atoms with van der Waals surface area (Å²) >= 11 is 0. The molecule has 4 aliphatic rings. The van der Waals surface area contributed by atoms with Crippen LogP contribution >= 0.6 is 0 Å². The molecular weight excluding hydrogens is 480 g/mol. The van der Waals surface area contributed by atoms with Crippen LogP contribution in [0.25, 0.3) is 0 Å². The summed E-state index contributed by atoms with van der Waals surface area (Å²) in [5.74, 6) is -2.83. The first kappa shape index (κ1) is 25.9. The molecule has 4 heterocycles. The van der Waals surface area contributed by atoms with Crippen molar-refractivity contribution in [2.45, 2.75) is 37.2 Å². The Balaban J connectivity index is 2.11. The predicted molar refractivity (Wildman–Crippen MR) is 127 cm³/mol. The van der Waals surface area contributed by atoms with Gasteiger partial charge in [-0.15, -0.1) is 0 Å². The molecule has 0 fully saturated rings. The van der Waals surface area contributed by atoms with Crippen LogP contribution in [0.15, 0.2) is 36.4 Å². The molecule has 0 unspecified atom stereocenters. The molecule has 0 N–H and O–H groups in total. The lowest BCUT2D eigenvalue weighted by Gasteiger charge is -2.15. The van der Waals surface area contributed by atoms with E-state index in [1.54, 1.807) is 0 Å². The number of carbonyl (C=O) groups is 2. The van der Waals surface area contributed by atoms with Crippen molar-refractivity contribution in [1.29, 1.82) is 0 Å². The minimum Gasteiger partial charge on any atom is -0.465 e. The normalized spacial score (nSPS) is 17.9. The molecule has 34 heavy (non-hydrogen) atoms. The van der Waals surface area contributed by atoms with Gasteiger partial charge in [-0.2, -0.15) is 0 Å². The molecule has 0 amide bonds. The molecular formula is C24H28O8S2. The summed E-state index contributed by atoms with van der Waals surface area (Å²) in [7, 11) is -5.00. The third-order valence-electron chi connectivity index (χ3n) is 5.76. The average Bonchev–Trinajstić information content (AvgIpc) is 2.78. The number of aryl methyl sites for hydroxylation is 2. The molecule has 4 bridgehead atoms. The largest absolute Gasteiger partial charge is 0.465 e. The van der Waals surface area contributed by atoms with Crippen LogP contribution in [-0.4, -0.2) is 54.5 Å². The summed E-state index contributed by atoms with van der Waals surface area (Å²) in [4.78, 5) is 24.9. The van der Waals surface area contributed by atoms with Crippen molar-refractivity contribution in [2.24, 2.45) is 0 Å². The maximum absolute atomic E-state index is 12.9. The Kier molecular flexibility index (Phi) is 8.14. The number of esters is 2. The number of rotatable bonds is 2. The Hall–Kier alpha value is -2.72. The van der Waals surface area contributed by atoms with Gasteiger partial charge in [0.1, 0.15) is 0 Å². The van der Waals surface area contributed by atoms with Crippen LogP contribution in [-0.2, 0) is 53.5 Å². The van der Waals surface area contributed by atoms with Crippen molar-refractivity contribution < 1.29 is 35.9 Å². The molecule has 4 aliphatic heterocycles. The van der Waals surface area contributed by atoms with Crippen LogP contribution in [0, 0.1) is 0 Å². The number of benzene rings is 2. The van der Waals surface area contributed by atoms with Crippen molar-refractivity contribution in [2.75, 3.05) is 25.7 Å². The Bertz CT molecular complexity index is 1180. The zero-order chi connectivity index (χ0) is 24.9. The van der Waals surface area contributed by atoms with Gasteiger partial charge in [0.15, 0.2) is 19.7 Å². The number of methoxy groups -OCH3 is 2. The Morgan fingerprint density at radius 1 is 0.676 bits per heavy atom. The van der Waals surface area contributed by atoms with Gasteiger partial charge in [0, 0.05) is 0 Å². The van der Waals surface area contributed by atoms with E-state index >= 15 is 0 Å². The van der Waals surface area contributed by atoms with Crippen molar-refractivity contribution in [3.05, 3.63) is 69.8 Å². The molecule has 6 rings (SSSR count). The minimum absolute atomic E-state index is 0.0684. The number of sulfone groups is 2. The number of carbonyl (C=O) groups excluding carboxylic acids is 2. The molecule has 0 aromatic heterocycles. The second-order valence-corrected chi connectivity index (χ2v) is 12.7. The van der Waals surface area contributed by atoms with Gasteiger partial charge in [0.2, 0.25) is 0 Å². The number of hydrogen-bond donors (Lipinski definition) is 0. The summed E-state index contributed by atoms with van der Waals surface area (Å²) < 4.78 is 61.1. The summed E-state index contributed by atoms with van der Waals surface area (Å²) in [6.45, 7) is 0. The van der Waals surface area contributed by atoms with E-state index in [4.69, 9.17) is 9.47 Å². The summed E-state index contributed by atoms with van der Waals surface area (Å²) in [5, 5.41) is 0. The van der Waals surface area contributed by atoms with Crippen LogP contribution in [0.5, 0.6) is 0 Å². The highest BCUT2D eigenvalue weighted by Crippen LogP contribution is 2.25. The van der Waals surface area contributed by atoms with E-state index in [1.807, 2.05) is 24.3 Å². The molecule has 0 spiro atoms. The molecule has 0 saturated heterocycles. The maximum atomic E-state index is 12.9. The highest BCUT2D eigenvalue weighted by Gasteiger charge is 2.26. The predicted octanol–water partition coefficient (Wildman–Crippen LogP) is 2.67. The molecule has 0 aliphatic carbocycles. The van der Waals surface area contributed by atoms with E-state index in [2.05, 4.69) is 0 Å². The van der Waals surface area contributed by atoms with Crippen LogP contribution in [0.1, 0.15) is 55.8 Å².